The third kappa shape index (κ3) is 4.32. The number of hydrogen-bond donors (Lipinski definition) is 1. The second-order valence-electron chi connectivity index (χ2n) is 4.59. The van der Waals surface area contributed by atoms with Crippen LogP contribution < -0.4 is 0 Å². The monoisotopic (exact) mass is 299 g/mol. The molecule has 0 heterocycles. The van der Waals surface area contributed by atoms with Crippen molar-refractivity contribution in [2.45, 2.75) is 33.7 Å². The number of aromatic hydroxyl groups is 1. The van der Waals surface area contributed by atoms with Gasteiger partial charge in [-0.1, -0.05) is 39.3 Å². The van der Waals surface area contributed by atoms with E-state index in [0.29, 0.717) is 11.7 Å². The molecule has 1 aromatic rings. The number of nitrogens with zero attached hydrogens (tertiary/aromatic N) is 1. The van der Waals surface area contributed by atoms with Crippen LogP contribution in [0.3, 0.4) is 0 Å². The van der Waals surface area contributed by atoms with E-state index in [2.05, 4.69) is 41.6 Å². The Kier molecular flexibility index (Phi) is 6.00. The molecule has 0 aliphatic carbocycles. The standard InChI is InChI=1S/C14H22BrNO/c1-4-11(3)9-16(5-2)10-12-7-6-8-13(15)14(12)17/h6-8,11,17H,4-5,9-10H2,1-3H3. The van der Waals surface area contributed by atoms with E-state index in [0.717, 1.165) is 29.7 Å². The van der Waals surface area contributed by atoms with Crippen LogP contribution in [-0.2, 0) is 6.54 Å². The highest BCUT2D eigenvalue weighted by molar-refractivity contribution is 9.10. The molecule has 0 aromatic heterocycles. The topological polar surface area (TPSA) is 23.5 Å². The van der Waals surface area contributed by atoms with E-state index in [-0.39, 0.29) is 0 Å². The maximum Gasteiger partial charge on any atom is 0.134 e. The van der Waals surface area contributed by atoms with Gasteiger partial charge in [0.15, 0.2) is 0 Å². The third-order valence-electron chi connectivity index (χ3n) is 3.18. The SMILES string of the molecule is CCC(C)CN(CC)Cc1cccc(Br)c1O. The van der Waals surface area contributed by atoms with Crippen LogP contribution in [0.5, 0.6) is 5.75 Å². The molecule has 0 aliphatic rings. The summed E-state index contributed by atoms with van der Waals surface area (Å²) in [5, 5.41) is 9.96. The molecule has 17 heavy (non-hydrogen) atoms. The van der Waals surface area contributed by atoms with Crippen molar-refractivity contribution in [2.75, 3.05) is 13.1 Å². The van der Waals surface area contributed by atoms with Gasteiger partial charge in [0.25, 0.3) is 0 Å². The van der Waals surface area contributed by atoms with Gasteiger partial charge in [-0.15, -0.1) is 0 Å². The molecular formula is C14H22BrNO. The number of benzene rings is 1. The predicted octanol–water partition coefficient (Wildman–Crippen LogP) is 4.02. The number of phenols is 1. The minimum Gasteiger partial charge on any atom is -0.506 e. The molecule has 0 saturated carbocycles. The summed E-state index contributed by atoms with van der Waals surface area (Å²) in [6, 6.07) is 5.82. The number of hydrogen-bond acceptors (Lipinski definition) is 2. The van der Waals surface area contributed by atoms with Crippen LogP contribution in [0.1, 0.15) is 32.8 Å². The van der Waals surface area contributed by atoms with Crippen LogP contribution in [0.4, 0.5) is 0 Å². The van der Waals surface area contributed by atoms with Crippen LogP contribution in [0.15, 0.2) is 22.7 Å². The molecule has 0 aliphatic heterocycles. The maximum absolute atomic E-state index is 9.96. The molecular weight excluding hydrogens is 278 g/mol. The van der Waals surface area contributed by atoms with Crippen molar-refractivity contribution < 1.29 is 5.11 Å². The van der Waals surface area contributed by atoms with Crippen molar-refractivity contribution in [3.05, 3.63) is 28.2 Å². The smallest absolute Gasteiger partial charge is 0.134 e. The lowest BCUT2D eigenvalue weighted by Gasteiger charge is -2.24. The molecule has 96 valence electrons. The zero-order chi connectivity index (χ0) is 12.8. The summed E-state index contributed by atoms with van der Waals surface area (Å²) >= 11 is 3.35. The molecule has 0 spiro atoms. The number of halogens is 1. The first-order valence-electron chi connectivity index (χ1n) is 6.27. The Labute approximate surface area is 113 Å². The van der Waals surface area contributed by atoms with E-state index < -0.39 is 0 Å². The molecule has 0 saturated heterocycles. The van der Waals surface area contributed by atoms with Crippen molar-refractivity contribution in [1.82, 2.24) is 4.90 Å². The average molecular weight is 300 g/mol. The molecule has 0 radical (unpaired) electrons. The first-order valence-corrected chi connectivity index (χ1v) is 7.06. The summed E-state index contributed by atoms with van der Waals surface area (Å²) in [5.41, 5.74) is 0.990. The van der Waals surface area contributed by atoms with Gasteiger partial charge in [-0.3, -0.25) is 4.90 Å². The van der Waals surface area contributed by atoms with Crippen molar-refractivity contribution in [3.8, 4) is 5.75 Å². The van der Waals surface area contributed by atoms with Gasteiger partial charge < -0.3 is 5.11 Å². The molecule has 3 heteroatoms. The highest BCUT2D eigenvalue weighted by Gasteiger charge is 2.11. The van der Waals surface area contributed by atoms with Gasteiger partial charge in [-0.05, 0) is 34.5 Å². The van der Waals surface area contributed by atoms with E-state index >= 15 is 0 Å². The molecule has 2 nitrogen and oxygen atoms in total. The molecule has 1 atom stereocenters. The largest absolute Gasteiger partial charge is 0.506 e. The third-order valence-corrected chi connectivity index (χ3v) is 3.82. The van der Waals surface area contributed by atoms with E-state index in [9.17, 15) is 5.11 Å². The predicted molar refractivity (Wildman–Crippen MR) is 76.2 cm³/mol. The van der Waals surface area contributed by atoms with Crippen molar-refractivity contribution >= 4 is 15.9 Å². The Morgan fingerprint density at radius 3 is 2.65 bits per heavy atom. The Balaban J connectivity index is 2.70. The summed E-state index contributed by atoms with van der Waals surface area (Å²) in [5.74, 6) is 1.07. The van der Waals surface area contributed by atoms with Crippen LogP contribution >= 0.6 is 15.9 Å². The van der Waals surface area contributed by atoms with Gasteiger partial charge in [0.1, 0.15) is 5.75 Å². The van der Waals surface area contributed by atoms with Gasteiger partial charge in [0.05, 0.1) is 4.47 Å². The van der Waals surface area contributed by atoms with Gasteiger partial charge in [-0.25, -0.2) is 0 Å². The first-order chi connectivity index (χ1) is 8.08. The van der Waals surface area contributed by atoms with Crippen LogP contribution in [0.25, 0.3) is 0 Å². The van der Waals surface area contributed by atoms with E-state index in [4.69, 9.17) is 0 Å². The molecule has 1 unspecified atom stereocenters. The Morgan fingerprint density at radius 1 is 1.35 bits per heavy atom. The Hall–Kier alpha value is -0.540. The number of para-hydroxylation sites is 1. The highest BCUT2D eigenvalue weighted by Crippen LogP contribution is 2.28. The second kappa shape index (κ2) is 7.02. The zero-order valence-corrected chi connectivity index (χ0v) is 12.5. The number of phenolic OH excluding ortho intramolecular Hbond substituents is 1. The van der Waals surface area contributed by atoms with Gasteiger partial charge in [0.2, 0.25) is 0 Å². The van der Waals surface area contributed by atoms with E-state index in [1.54, 1.807) is 0 Å². The fourth-order valence-electron chi connectivity index (χ4n) is 1.80. The van der Waals surface area contributed by atoms with Crippen molar-refractivity contribution in [1.29, 1.82) is 0 Å². The molecule has 0 amide bonds. The van der Waals surface area contributed by atoms with Gasteiger partial charge >= 0.3 is 0 Å². The summed E-state index contributed by atoms with van der Waals surface area (Å²) in [6.45, 7) is 9.55. The van der Waals surface area contributed by atoms with Crippen LogP contribution in [0, 0.1) is 5.92 Å². The minimum absolute atomic E-state index is 0.370. The van der Waals surface area contributed by atoms with Gasteiger partial charge in [-0.2, -0.15) is 0 Å². The Morgan fingerprint density at radius 2 is 2.06 bits per heavy atom. The summed E-state index contributed by atoms with van der Waals surface area (Å²) in [6.07, 6.45) is 1.20. The van der Waals surface area contributed by atoms with Crippen molar-refractivity contribution in [2.24, 2.45) is 5.92 Å². The van der Waals surface area contributed by atoms with Gasteiger partial charge in [0, 0.05) is 18.7 Å². The van der Waals surface area contributed by atoms with E-state index in [1.165, 1.54) is 6.42 Å². The molecule has 1 aromatic carbocycles. The average Bonchev–Trinajstić information content (AvgIpc) is 2.33. The first kappa shape index (κ1) is 14.5. The maximum atomic E-state index is 9.96. The summed E-state index contributed by atoms with van der Waals surface area (Å²) < 4.78 is 0.773. The molecule has 0 fully saturated rings. The quantitative estimate of drug-likeness (QED) is 0.857. The highest BCUT2D eigenvalue weighted by atomic mass is 79.9. The fraction of sp³-hybridized carbons (Fsp3) is 0.571. The lowest BCUT2D eigenvalue weighted by atomic mass is 10.1. The minimum atomic E-state index is 0.370. The summed E-state index contributed by atoms with van der Waals surface area (Å²) in [7, 11) is 0. The molecule has 1 rings (SSSR count). The zero-order valence-electron chi connectivity index (χ0n) is 10.9. The normalized spacial score (nSPS) is 13.0. The number of rotatable bonds is 6. The fourth-order valence-corrected chi connectivity index (χ4v) is 2.21. The summed E-state index contributed by atoms with van der Waals surface area (Å²) in [4.78, 5) is 2.37. The second-order valence-corrected chi connectivity index (χ2v) is 5.44. The molecule has 1 N–H and O–H groups in total. The van der Waals surface area contributed by atoms with E-state index in [1.807, 2.05) is 18.2 Å². The lowest BCUT2D eigenvalue weighted by Crippen LogP contribution is -2.27. The Bertz CT molecular complexity index is 354. The lowest BCUT2D eigenvalue weighted by molar-refractivity contribution is 0.235. The van der Waals surface area contributed by atoms with Crippen molar-refractivity contribution in [3.63, 3.8) is 0 Å². The van der Waals surface area contributed by atoms with Crippen LogP contribution in [0.2, 0.25) is 0 Å². The molecule has 0 bridgehead atoms. The van der Waals surface area contributed by atoms with Crippen LogP contribution in [-0.4, -0.2) is 23.1 Å².